The smallest absolute Gasteiger partial charge is 0.408 e. The Kier molecular flexibility index (Phi) is 3.33. The zero-order chi connectivity index (χ0) is 7.72. The number of imidazole rings is 1. The van der Waals surface area contributed by atoms with Crippen molar-refractivity contribution in [2.24, 2.45) is 7.05 Å². The predicted molar refractivity (Wildman–Crippen MR) is 33.4 cm³/mol. The minimum Gasteiger partial charge on any atom is -0.408 e. The van der Waals surface area contributed by atoms with E-state index < -0.39 is 4.92 Å². The predicted octanol–water partition coefficient (Wildman–Crippen LogP) is 0.434. The van der Waals surface area contributed by atoms with Gasteiger partial charge in [0.1, 0.15) is 0 Å². The van der Waals surface area contributed by atoms with Crippen LogP contribution in [0, 0.1) is 23.2 Å². The van der Waals surface area contributed by atoms with E-state index in [1.165, 1.54) is 4.57 Å². The van der Waals surface area contributed by atoms with Gasteiger partial charge in [-0.05, 0) is 13.1 Å². The topological polar surface area (TPSA) is 61.0 Å². The summed E-state index contributed by atoms with van der Waals surface area (Å²) in [5.74, 6) is -0.169. The van der Waals surface area contributed by atoms with Gasteiger partial charge in [-0.3, -0.25) is 4.98 Å². The Morgan fingerprint density at radius 2 is 2.27 bits per heavy atom. The third-order valence-corrected chi connectivity index (χ3v) is 1.28. The van der Waals surface area contributed by atoms with E-state index in [0.29, 0.717) is 5.69 Å². The standard InChI is InChI=1S/C5H6N3O2.Ru/c1-4-3-6-5(7(4)2)8(9)10;/h1-2H3;/q-1;+1. The van der Waals surface area contributed by atoms with E-state index in [1.807, 2.05) is 0 Å². The summed E-state index contributed by atoms with van der Waals surface area (Å²) in [7, 11) is 1.58. The summed E-state index contributed by atoms with van der Waals surface area (Å²) in [5.41, 5.74) is 0.659. The van der Waals surface area contributed by atoms with Crippen molar-refractivity contribution >= 4 is 5.95 Å². The van der Waals surface area contributed by atoms with Crippen LogP contribution in [-0.4, -0.2) is 14.5 Å². The van der Waals surface area contributed by atoms with E-state index in [2.05, 4.69) is 11.2 Å². The molecule has 0 saturated heterocycles. The second-order valence-electron chi connectivity index (χ2n) is 1.93. The second kappa shape index (κ2) is 3.57. The number of aryl methyl sites for hydroxylation is 1. The molecule has 0 saturated carbocycles. The molecule has 0 atom stereocenters. The van der Waals surface area contributed by atoms with Crippen molar-refractivity contribution in [3.63, 3.8) is 0 Å². The first-order chi connectivity index (χ1) is 4.63. The summed E-state index contributed by atoms with van der Waals surface area (Å²) >= 11 is 0. The largest absolute Gasteiger partial charge is 1.00 e. The van der Waals surface area contributed by atoms with Crippen LogP contribution in [0.4, 0.5) is 5.95 Å². The van der Waals surface area contributed by atoms with Crippen molar-refractivity contribution in [3.05, 3.63) is 22.0 Å². The van der Waals surface area contributed by atoms with Crippen molar-refractivity contribution in [1.29, 1.82) is 0 Å². The number of hydrogen-bond donors (Lipinski definition) is 0. The van der Waals surface area contributed by atoms with Gasteiger partial charge in [-0.1, -0.05) is 0 Å². The zero-order valence-electron chi connectivity index (χ0n) is 6.01. The SMILES string of the molecule is Cc1[c-]nc([N+](=O)[O-])n1C.[Ru+]. The van der Waals surface area contributed by atoms with Crippen LogP contribution in [0.25, 0.3) is 0 Å². The molecule has 0 fully saturated rings. The first-order valence-corrected chi connectivity index (χ1v) is 2.68. The molecule has 0 unspecified atom stereocenters. The van der Waals surface area contributed by atoms with Crippen LogP contribution in [0.15, 0.2) is 0 Å². The van der Waals surface area contributed by atoms with Crippen LogP contribution in [0.2, 0.25) is 0 Å². The molecule has 0 bridgehead atoms. The fourth-order valence-electron chi connectivity index (χ4n) is 0.594. The van der Waals surface area contributed by atoms with Gasteiger partial charge < -0.3 is 14.7 Å². The van der Waals surface area contributed by atoms with Crippen molar-refractivity contribution < 1.29 is 24.4 Å². The average molecular weight is 241 g/mol. The van der Waals surface area contributed by atoms with Gasteiger partial charge >= 0.3 is 19.5 Å². The first-order valence-electron chi connectivity index (χ1n) is 2.68. The Morgan fingerprint density at radius 3 is 2.45 bits per heavy atom. The summed E-state index contributed by atoms with van der Waals surface area (Å²) in [6, 6.07) is 0. The van der Waals surface area contributed by atoms with Gasteiger partial charge in [-0.25, -0.2) is 0 Å². The van der Waals surface area contributed by atoms with E-state index in [9.17, 15) is 10.1 Å². The molecule has 5 nitrogen and oxygen atoms in total. The van der Waals surface area contributed by atoms with Crippen molar-refractivity contribution in [1.82, 2.24) is 9.55 Å². The Bertz CT molecular complexity index is 271. The van der Waals surface area contributed by atoms with E-state index in [-0.39, 0.29) is 25.4 Å². The van der Waals surface area contributed by atoms with Crippen LogP contribution in [0.1, 0.15) is 5.69 Å². The maximum absolute atomic E-state index is 10.1. The summed E-state index contributed by atoms with van der Waals surface area (Å²) in [6.45, 7) is 1.71. The Balaban J connectivity index is 0.000001000. The van der Waals surface area contributed by atoms with Gasteiger partial charge in [0, 0.05) is 12.7 Å². The van der Waals surface area contributed by atoms with Gasteiger partial charge in [0.25, 0.3) is 5.95 Å². The van der Waals surface area contributed by atoms with Crippen LogP contribution >= 0.6 is 0 Å². The number of nitro groups is 1. The Labute approximate surface area is 76.3 Å². The van der Waals surface area contributed by atoms with Crippen LogP contribution in [-0.2, 0) is 26.5 Å². The number of rotatable bonds is 1. The summed E-state index contributed by atoms with van der Waals surface area (Å²) in [5, 5.41) is 10.1. The van der Waals surface area contributed by atoms with E-state index in [1.54, 1.807) is 14.0 Å². The molecule has 0 aliphatic carbocycles. The molecule has 0 aromatic carbocycles. The number of aromatic nitrogens is 2. The van der Waals surface area contributed by atoms with Gasteiger partial charge in [-0.15, -0.1) is 4.92 Å². The molecule has 11 heavy (non-hydrogen) atoms. The average Bonchev–Trinajstić information content (AvgIpc) is 2.14. The zero-order valence-corrected chi connectivity index (χ0v) is 7.75. The molecule has 1 rings (SSSR count). The Hall–Kier alpha value is -0.767. The number of hydrogen-bond acceptors (Lipinski definition) is 3. The quantitative estimate of drug-likeness (QED) is 0.310. The Morgan fingerprint density at radius 1 is 1.73 bits per heavy atom. The molecule has 0 amide bonds. The van der Waals surface area contributed by atoms with Gasteiger partial charge in [-0.2, -0.15) is 0 Å². The third-order valence-electron chi connectivity index (χ3n) is 1.28. The van der Waals surface area contributed by atoms with Crippen LogP contribution in [0.3, 0.4) is 0 Å². The molecule has 61 valence electrons. The molecule has 0 aliphatic heterocycles. The van der Waals surface area contributed by atoms with Crippen LogP contribution < -0.4 is 0 Å². The van der Waals surface area contributed by atoms with Crippen molar-refractivity contribution in [3.8, 4) is 0 Å². The van der Waals surface area contributed by atoms with Gasteiger partial charge in [0.15, 0.2) is 0 Å². The monoisotopic (exact) mass is 242 g/mol. The van der Waals surface area contributed by atoms with Crippen molar-refractivity contribution in [2.75, 3.05) is 0 Å². The molecule has 6 heteroatoms. The van der Waals surface area contributed by atoms with Gasteiger partial charge in [0.2, 0.25) is 0 Å². The van der Waals surface area contributed by atoms with E-state index in [0.717, 1.165) is 0 Å². The van der Waals surface area contributed by atoms with Crippen LogP contribution in [0.5, 0.6) is 0 Å². The summed E-state index contributed by atoms with van der Waals surface area (Å²) < 4.78 is 1.38. The minimum atomic E-state index is -0.538. The normalized spacial score (nSPS) is 8.91. The summed E-state index contributed by atoms with van der Waals surface area (Å²) in [4.78, 5) is 13.1. The first kappa shape index (κ1) is 10.2. The third kappa shape index (κ3) is 1.83. The molecule has 0 N–H and O–H groups in total. The molecule has 1 aromatic heterocycles. The molecular weight excluding hydrogens is 235 g/mol. The van der Waals surface area contributed by atoms with E-state index in [4.69, 9.17) is 0 Å². The molecular formula is C5H6N3O2Ru. The summed E-state index contributed by atoms with van der Waals surface area (Å²) in [6.07, 6.45) is 2.49. The van der Waals surface area contributed by atoms with Crippen molar-refractivity contribution in [2.45, 2.75) is 6.92 Å². The van der Waals surface area contributed by atoms with Gasteiger partial charge in [0.05, 0.1) is 0 Å². The maximum atomic E-state index is 10.1. The molecule has 0 aliphatic rings. The maximum Gasteiger partial charge on any atom is 1.00 e. The molecule has 1 radical (unpaired) electrons. The fourth-order valence-corrected chi connectivity index (χ4v) is 0.594. The minimum absolute atomic E-state index is 0. The molecule has 1 heterocycles. The number of nitrogens with zero attached hydrogens (tertiary/aromatic N) is 3. The fraction of sp³-hybridized carbons (Fsp3) is 0.400. The van der Waals surface area contributed by atoms with E-state index >= 15 is 0 Å². The second-order valence-corrected chi connectivity index (χ2v) is 1.93. The molecule has 1 aromatic rings. The molecule has 0 spiro atoms.